The average Bonchev–Trinajstić information content (AvgIpc) is 2.70. The van der Waals surface area contributed by atoms with Crippen molar-refractivity contribution in [1.29, 1.82) is 0 Å². The Morgan fingerprint density at radius 1 is 0.935 bits per heavy atom. The molecule has 8 nitrogen and oxygen atoms in total. The fourth-order valence-electron chi connectivity index (χ4n) is 2.86. The van der Waals surface area contributed by atoms with Gasteiger partial charge >= 0.3 is 0 Å². The molecule has 0 heterocycles. The van der Waals surface area contributed by atoms with Crippen LogP contribution in [0.3, 0.4) is 0 Å². The highest BCUT2D eigenvalue weighted by molar-refractivity contribution is 7.92. The zero-order valence-electron chi connectivity index (χ0n) is 18.2. The lowest BCUT2D eigenvalue weighted by Gasteiger charge is -2.22. The molecule has 0 radical (unpaired) electrons. The summed E-state index contributed by atoms with van der Waals surface area (Å²) in [7, 11) is -4.60. The Labute approximate surface area is 185 Å². The molecule has 0 aliphatic rings. The third-order valence-electron chi connectivity index (χ3n) is 4.65. The predicted octanol–water partition coefficient (Wildman–Crippen LogP) is 2.68. The van der Waals surface area contributed by atoms with Gasteiger partial charge in [-0.15, -0.1) is 0 Å². The van der Waals surface area contributed by atoms with Crippen LogP contribution in [-0.2, 0) is 31.3 Å². The molecule has 0 aromatic heterocycles. The SMILES string of the molecule is CCCCc1ccc(NC(=O)CN(c2ccc(S(=O)(=O)N(C)C)cc2)S(C)(=O)=O)cc1. The van der Waals surface area contributed by atoms with Crippen molar-refractivity contribution in [1.82, 2.24) is 4.31 Å². The second kappa shape index (κ2) is 10.3. The number of benzene rings is 2. The first-order chi connectivity index (χ1) is 14.4. The maximum Gasteiger partial charge on any atom is 0.245 e. The number of nitrogens with one attached hydrogen (secondary N) is 1. The van der Waals surface area contributed by atoms with Crippen LogP contribution in [0.4, 0.5) is 11.4 Å². The molecule has 0 spiro atoms. The molecule has 0 bridgehead atoms. The van der Waals surface area contributed by atoms with Crippen molar-refractivity contribution in [2.24, 2.45) is 0 Å². The van der Waals surface area contributed by atoms with Gasteiger partial charge in [0.2, 0.25) is 26.0 Å². The Balaban J connectivity index is 2.16. The Bertz CT molecular complexity index is 1090. The van der Waals surface area contributed by atoms with Crippen molar-refractivity contribution in [3.8, 4) is 0 Å². The fourth-order valence-corrected chi connectivity index (χ4v) is 4.62. The van der Waals surface area contributed by atoms with E-state index in [0.29, 0.717) is 5.69 Å². The van der Waals surface area contributed by atoms with E-state index in [9.17, 15) is 21.6 Å². The van der Waals surface area contributed by atoms with Gasteiger partial charge in [0.15, 0.2) is 0 Å². The minimum Gasteiger partial charge on any atom is -0.325 e. The Kier molecular flexibility index (Phi) is 8.21. The van der Waals surface area contributed by atoms with E-state index in [0.717, 1.165) is 34.1 Å². The van der Waals surface area contributed by atoms with Crippen LogP contribution in [0.2, 0.25) is 0 Å². The third kappa shape index (κ3) is 6.78. The lowest BCUT2D eigenvalue weighted by Crippen LogP contribution is -2.37. The summed E-state index contributed by atoms with van der Waals surface area (Å²) in [6, 6.07) is 12.8. The van der Waals surface area contributed by atoms with Gasteiger partial charge in [-0.1, -0.05) is 25.5 Å². The summed E-state index contributed by atoms with van der Waals surface area (Å²) in [6.45, 7) is 1.69. The number of unbranched alkanes of at least 4 members (excludes halogenated alkanes) is 1. The van der Waals surface area contributed by atoms with E-state index in [2.05, 4.69) is 12.2 Å². The molecule has 2 aromatic carbocycles. The van der Waals surface area contributed by atoms with Crippen molar-refractivity contribution in [3.05, 3.63) is 54.1 Å². The van der Waals surface area contributed by atoms with Gasteiger partial charge in [-0.2, -0.15) is 0 Å². The quantitative estimate of drug-likeness (QED) is 0.579. The van der Waals surface area contributed by atoms with Crippen LogP contribution < -0.4 is 9.62 Å². The van der Waals surface area contributed by atoms with Crippen LogP contribution in [0.25, 0.3) is 0 Å². The second-order valence-electron chi connectivity index (χ2n) is 7.40. The highest BCUT2D eigenvalue weighted by Gasteiger charge is 2.23. The van der Waals surface area contributed by atoms with E-state index in [1.807, 2.05) is 12.1 Å². The summed E-state index contributed by atoms with van der Waals surface area (Å²) in [5.74, 6) is -0.503. The third-order valence-corrected chi connectivity index (χ3v) is 7.62. The number of sulfonamides is 2. The molecule has 0 unspecified atom stereocenters. The molecular weight excluding hydrogens is 438 g/mol. The van der Waals surface area contributed by atoms with E-state index in [1.54, 1.807) is 12.1 Å². The first-order valence-electron chi connectivity index (χ1n) is 9.84. The second-order valence-corrected chi connectivity index (χ2v) is 11.5. The zero-order valence-corrected chi connectivity index (χ0v) is 19.8. The van der Waals surface area contributed by atoms with Crippen LogP contribution in [0.5, 0.6) is 0 Å². The van der Waals surface area contributed by atoms with Gasteiger partial charge in [-0.3, -0.25) is 9.10 Å². The van der Waals surface area contributed by atoms with Crippen LogP contribution in [0.15, 0.2) is 53.4 Å². The van der Waals surface area contributed by atoms with E-state index < -0.39 is 32.5 Å². The minimum absolute atomic E-state index is 0.0299. The molecule has 2 aromatic rings. The molecule has 170 valence electrons. The Hall–Kier alpha value is -2.43. The number of carbonyl (C=O) groups excluding carboxylic acids is 1. The highest BCUT2D eigenvalue weighted by atomic mass is 32.2. The number of hydrogen-bond acceptors (Lipinski definition) is 5. The normalized spacial score (nSPS) is 12.0. The molecule has 31 heavy (non-hydrogen) atoms. The average molecular weight is 468 g/mol. The molecule has 0 aliphatic heterocycles. The number of rotatable bonds is 10. The predicted molar refractivity (Wildman–Crippen MR) is 123 cm³/mol. The van der Waals surface area contributed by atoms with Crippen molar-refractivity contribution in [2.75, 3.05) is 36.5 Å². The van der Waals surface area contributed by atoms with Gasteiger partial charge in [0.05, 0.1) is 16.8 Å². The lowest BCUT2D eigenvalue weighted by molar-refractivity contribution is -0.114. The molecule has 0 atom stereocenters. The monoisotopic (exact) mass is 467 g/mol. The van der Waals surface area contributed by atoms with E-state index in [4.69, 9.17) is 0 Å². The highest BCUT2D eigenvalue weighted by Crippen LogP contribution is 2.22. The number of carbonyl (C=O) groups is 1. The van der Waals surface area contributed by atoms with E-state index in [1.165, 1.54) is 43.9 Å². The molecule has 0 saturated heterocycles. The van der Waals surface area contributed by atoms with Crippen LogP contribution in [0.1, 0.15) is 25.3 Å². The number of aryl methyl sites for hydroxylation is 1. The largest absolute Gasteiger partial charge is 0.325 e. The van der Waals surface area contributed by atoms with Crippen molar-refractivity contribution < 1.29 is 21.6 Å². The first-order valence-corrected chi connectivity index (χ1v) is 13.1. The molecular formula is C21H29N3O5S2. The van der Waals surface area contributed by atoms with Crippen molar-refractivity contribution in [2.45, 2.75) is 31.1 Å². The number of amides is 1. The van der Waals surface area contributed by atoms with Crippen molar-refractivity contribution in [3.63, 3.8) is 0 Å². The van der Waals surface area contributed by atoms with Crippen LogP contribution in [0, 0.1) is 0 Å². The number of nitrogens with zero attached hydrogens (tertiary/aromatic N) is 2. The maximum atomic E-state index is 12.5. The van der Waals surface area contributed by atoms with Gasteiger partial charge < -0.3 is 5.32 Å². The summed E-state index contributed by atoms with van der Waals surface area (Å²) in [5.41, 5.74) is 1.95. The topological polar surface area (TPSA) is 104 Å². The smallest absolute Gasteiger partial charge is 0.245 e. The number of anilines is 2. The lowest BCUT2D eigenvalue weighted by atomic mass is 10.1. The van der Waals surface area contributed by atoms with Gasteiger partial charge in [0.25, 0.3) is 0 Å². The van der Waals surface area contributed by atoms with Gasteiger partial charge in [0, 0.05) is 19.8 Å². The van der Waals surface area contributed by atoms with Crippen LogP contribution >= 0.6 is 0 Å². The molecule has 1 amide bonds. The van der Waals surface area contributed by atoms with Gasteiger partial charge in [-0.25, -0.2) is 21.1 Å². The summed E-state index contributed by atoms with van der Waals surface area (Å²) in [6.07, 6.45) is 4.14. The van der Waals surface area contributed by atoms with Gasteiger partial charge in [-0.05, 0) is 54.8 Å². The molecule has 0 aliphatic carbocycles. The number of hydrogen-bond donors (Lipinski definition) is 1. The fraction of sp³-hybridized carbons (Fsp3) is 0.381. The van der Waals surface area contributed by atoms with E-state index in [-0.39, 0.29) is 10.6 Å². The maximum absolute atomic E-state index is 12.5. The molecule has 0 fully saturated rings. The standard InChI is InChI=1S/C21H29N3O5S2/c1-5-6-7-17-8-10-18(11-9-17)22-21(25)16-24(30(4,26)27)19-12-14-20(15-13-19)31(28,29)23(2)3/h8-15H,5-7,16H2,1-4H3,(H,22,25). The Morgan fingerprint density at radius 2 is 1.52 bits per heavy atom. The summed E-state index contributed by atoms with van der Waals surface area (Å²) < 4.78 is 51.0. The molecule has 0 saturated carbocycles. The molecule has 2 rings (SSSR count). The zero-order chi connectivity index (χ0) is 23.2. The van der Waals surface area contributed by atoms with Gasteiger partial charge in [0.1, 0.15) is 6.54 Å². The Morgan fingerprint density at radius 3 is 2.00 bits per heavy atom. The summed E-state index contributed by atoms with van der Waals surface area (Å²) in [4.78, 5) is 12.5. The minimum atomic E-state index is -3.77. The van der Waals surface area contributed by atoms with E-state index >= 15 is 0 Å². The van der Waals surface area contributed by atoms with Crippen molar-refractivity contribution >= 4 is 37.3 Å². The summed E-state index contributed by atoms with van der Waals surface area (Å²) >= 11 is 0. The molecule has 10 heteroatoms. The summed E-state index contributed by atoms with van der Waals surface area (Å²) in [5, 5.41) is 2.70. The first kappa shape index (κ1) is 24.8. The molecule has 1 N–H and O–H groups in total. The van der Waals surface area contributed by atoms with Crippen LogP contribution in [-0.4, -0.2) is 53.9 Å².